The predicted octanol–water partition coefficient (Wildman–Crippen LogP) is 4.17. The topological polar surface area (TPSA) is 79.4 Å². The van der Waals surface area contributed by atoms with Crippen LogP contribution in [0.3, 0.4) is 0 Å². The van der Waals surface area contributed by atoms with E-state index in [4.69, 9.17) is 0 Å². The summed E-state index contributed by atoms with van der Waals surface area (Å²) in [6.07, 6.45) is 3.39. The third-order valence-corrected chi connectivity index (χ3v) is 6.68. The minimum Gasteiger partial charge on any atom is -0.308 e. The summed E-state index contributed by atoms with van der Waals surface area (Å²) in [5.74, 6) is -0.0994. The molecule has 6 nitrogen and oxygen atoms in total. The lowest BCUT2D eigenvalue weighted by molar-refractivity contribution is 0.0994. The number of nitrogens with one attached hydrogen (secondary N) is 1. The van der Waals surface area contributed by atoms with Gasteiger partial charge in [-0.3, -0.25) is 14.5 Å². The number of benzene rings is 3. The first kappa shape index (κ1) is 17.6. The fraction of sp³-hybridized carbons (Fsp3) is 0.0909. The number of fused-ring (bicyclic) bond motifs is 1. The van der Waals surface area contributed by atoms with Crippen molar-refractivity contribution in [2.24, 2.45) is 0 Å². The third kappa shape index (κ3) is 2.66. The molecule has 144 valence electrons. The quantitative estimate of drug-likeness (QED) is 0.555. The molecule has 1 aliphatic rings. The number of carbonyl (C=O) groups excluding carboxylic acids is 1. The van der Waals surface area contributed by atoms with Gasteiger partial charge in [-0.1, -0.05) is 18.2 Å². The fourth-order valence-electron chi connectivity index (χ4n) is 3.93. The van der Waals surface area contributed by atoms with Crippen molar-refractivity contribution < 1.29 is 13.2 Å². The zero-order chi connectivity index (χ0) is 20.2. The van der Waals surface area contributed by atoms with E-state index in [0.717, 1.165) is 16.5 Å². The molecule has 2 heterocycles. The molecule has 0 radical (unpaired) electrons. The Morgan fingerprint density at radius 1 is 1.03 bits per heavy atom. The Bertz CT molecular complexity index is 1410. The van der Waals surface area contributed by atoms with E-state index in [0.29, 0.717) is 28.6 Å². The molecule has 0 saturated heterocycles. The number of anilines is 2. The van der Waals surface area contributed by atoms with E-state index in [1.54, 1.807) is 59.8 Å². The summed E-state index contributed by atoms with van der Waals surface area (Å²) in [7, 11) is -3.86. The summed E-state index contributed by atoms with van der Waals surface area (Å²) in [6, 6.07) is 15.7. The largest absolute Gasteiger partial charge is 0.308 e. The summed E-state index contributed by atoms with van der Waals surface area (Å²) >= 11 is 0. The van der Waals surface area contributed by atoms with Crippen LogP contribution in [0.1, 0.15) is 17.3 Å². The van der Waals surface area contributed by atoms with Crippen LogP contribution >= 0.6 is 0 Å². The molecule has 0 aliphatic carbocycles. The van der Waals surface area contributed by atoms with Crippen LogP contribution in [-0.4, -0.2) is 25.9 Å². The zero-order valence-electron chi connectivity index (χ0n) is 15.6. The van der Waals surface area contributed by atoms with E-state index in [-0.39, 0.29) is 10.8 Å². The maximum Gasteiger partial charge on any atom is 0.262 e. The van der Waals surface area contributed by atoms with E-state index in [1.807, 2.05) is 19.1 Å². The van der Waals surface area contributed by atoms with Gasteiger partial charge in [0.05, 0.1) is 10.6 Å². The van der Waals surface area contributed by atoms with E-state index in [2.05, 4.69) is 9.71 Å². The number of amides is 1. The van der Waals surface area contributed by atoms with Crippen molar-refractivity contribution in [3.8, 4) is 0 Å². The Morgan fingerprint density at radius 2 is 1.90 bits per heavy atom. The molecule has 3 aromatic carbocycles. The van der Waals surface area contributed by atoms with E-state index >= 15 is 0 Å². The summed E-state index contributed by atoms with van der Waals surface area (Å²) in [4.78, 5) is 18.5. The molecule has 0 fully saturated rings. The molecule has 0 atom stereocenters. The molecule has 1 N–H and O–H groups in total. The van der Waals surface area contributed by atoms with Crippen molar-refractivity contribution in [3.05, 3.63) is 72.6 Å². The first-order chi connectivity index (χ1) is 14.0. The zero-order valence-corrected chi connectivity index (χ0v) is 16.4. The molecular weight excluding hydrogens is 386 g/mol. The van der Waals surface area contributed by atoms with Crippen LogP contribution in [0.15, 0.2) is 71.9 Å². The molecule has 5 rings (SSSR count). The maximum atomic E-state index is 13.2. The molecule has 0 unspecified atom stereocenters. The molecule has 29 heavy (non-hydrogen) atoms. The highest BCUT2D eigenvalue weighted by molar-refractivity contribution is 7.93. The highest BCUT2D eigenvalue weighted by Crippen LogP contribution is 2.40. The Labute approximate surface area is 167 Å². The number of hydrogen-bond donors (Lipinski definition) is 1. The average molecular weight is 403 g/mol. The number of sulfonamides is 1. The number of rotatable bonds is 4. The molecule has 4 aromatic rings. The molecular formula is C22H17N3O3S. The van der Waals surface area contributed by atoms with Crippen LogP contribution in [0.5, 0.6) is 0 Å². The summed E-state index contributed by atoms with van der Waals surface area (Å²) in [6.45, 7) is 2.43. The SMILES string of the molecule is CCN1C(=O)c2cccc3c(S(=O)(=O)Nc4ccc5ccncc5c4)ccc1c23. The van der Waals surface area contributed by atoms with Gasteiger partial charge in [-0.25, -0.2) is 8.42 Å². The second kappa shape index (κ2) is 6.28. The van der Waals surface area contributed by atoms with Gasteiger partial charge in [-0.2, -0.15) is 0 Å². The minimum atomic E-state index is -3.86. The van der Waals surface area contributed by atoms with Crippen molar-refractivity contribution in [1.82, 2.24) is 4.98 Å². The number of pyridine rings is 1. The van der Waals surface area contributed by atoms with E-state index in [1.165, 1.54) is 0 Å². The van der Waals surface area contributed by atoms with Crippen LogP contribution in [0.4, 0.5) is 11.4 Å². The molecule has 0 spiro atoms. The van der Waals surface area contributed by atoms with Gasteiger partial charge in [0.1, 0.15) is 0 Å². The lowest BCUT2D eigenvalue weighted by Gasteiger charge is -2.16. The van der Waals surface area contributed by atoms with Gasteiger partial charge in [0, 0.05) is 46.3 Å². The minimum absolute atomic E-state index is 0.0994. The predicted molar refractivity (Wildman–Crippen MR) is 114 cm³/mol. The molecule has 7 heteroatoms. The normalized spacial score (nSPS) is 13.4. The van der Waals surface area contributed by atoms with Gasteiger partial charge < -0.3 is 4.90 Å². The molecule has 1 aromatic heterocycles. The fourth-order valence-corrected chi connectivity index (χ4v) is 5.18. The number of hydrogen-bond acceptors (Lipinski definition) is 4. The average Bonchev–Trinajstić information content (AvgIpc) is 3.00. The van der Waals surface area contributed by atoms with Crippen LogP contribution in [0.25, 0.3) is 21.5 Å². The van der Waals surface area contributed by atoms with Crippen LogP contribution in [-0.2, 0) is 10.0 Å². The lowest BCUT2D eigenvalue weighted by atomic mass is 10.1. The Morgan fingerprint density at radius 3 is 2.72 bits per heavy atom. The van der Waals surface area contributed by atoms with E-state index in [9.17, 15) is 13.2 Å². The second-order valence-corrected chi connectivity index (χ2v) is 8.55. The number of carbonyl (C=O) groups is 1. The van der Waals surface area contributed by atoms with Gasteiger partial charge in [0.25, 0.3) is 15.9 Å². The molecule has 1 aliphatic heterocycles. The van der Waals surface area contributed by atoms with Crippen LogP contribution in [0.2, 0.25) is 0 Å². The smallest absolute Gasteiger partial charge is 0.262 e. The highest BCUT2D eigenvalue weighted by atomic mass is 32.2. The van der Waals surface area contributed by atoms with Gasteiger partial charge >= 0.3 is 0 Å². The van der Waals surface area contributed by atoms with Crippen molar-refractivity contribution in [2.75, 3.05) is 16.2 Å². The van der Waals surface area contributed by atoms with Crippen molar-refractivity contribution in [2.45, 2.75) is 11.8 Å². The Kier molecular flexibility index (Phi) is 3.82. The van der Waals surface area contributed by atoms with Crippen LogP contribution < -0.4 is 9.62 Å². The maximum absolute atomic E-state index is 13.2. The van der Waals surface area contributed by atoms with Crippen molar-refractivity contribution >= 4 is 48.9 Å². The highest BCUT2D eigenvalue weighted by Gasteiger charge is 2.31. The standard InChI is InChI=1S/C22H17N3O3S/c1-2-25-19-8-9-20(17-4-3-5-18(21(17)19)22(25)26)29(27,28)24-16-7-6-14-10-11-23-13-15(14)12-16/h3-13,24H,2H2,1H3. The number of nitrogens with zero attached hydrogens (tertiary/aromatic N) is 2. The van der Waals surface area contributed by atoms with Gasteiger partial charge in [0.2, 0.25) is 0 Å². The molecule has 0 bridgehead atoms. The van der Waals surface area contributed by atoms with Gasteiger partial charge in [0.15, 0.2) is 0 Å². The summed E-state index contributed by atoms with van der Waals surface area (Å²) < 4.78 is 29.1. The van der Waals surface area contributed by atoms with Crippen molar-refractivity contribution in [1.29, 1.82) is 0 Å². The Balaban J connectivity index is 1.63. The summed E-state index contributed by atoms with van der Waals surface area (Å²) in [5.41, 5.74) is 1.74. The monoisotopic (exact) mass is 403 g/mol. The first-order valence-corrected chi connectivity index (χ1v) is 10.7. The summed E-state index contributed by atoms with van der Waals surface area (Å²) in [5, 5.41) is 3.05. The first-order valence-electron chi connectivity index (χ1n) is 9.24. The van der Waals surface area contributed by atoms with Gasteiger partial charge in [-0.15, -0.1) is 0 Å². The Hall–Kier alpha value is -3.45. The third-order valence-electron chi connectivity index (χ3n) is 5.24. The number of aromatic nitrogens is 1. The lowest BCUT2D eigenvalue weighted by Crippen LogP contribution is -2.25. The van der Waals surface area contributed by atoms with E-state index < -0.39 is 10.0 Å². The molecule has 1 amide bonds. The van der Waals surface area contributed by atoms with Crippen molar-refractivity contribution in [3.63, 3.8) is 0 Å². The molecule has 0 saturated carbocycles. The van der Waals surface area contributed by atoms with Gasteiger partial charge in [-0.05, 0) is 48.7 Å². The van der Waals surface area contributed by atoms with Crippen LogP contribution in [0, 0.1) is 0 Å². The second-order valence-electron chi connectivity index (χ2n) is 6.90.